The van der Waals surface area contributed by atoms with Gasteiger partial charge in [-0.25, -0.2) is 0 Å². The lowest BCUT2D eigenvalue weighted by atomic mass is 10.0. The van der Waals surface area contributed by atoms with Crippen LogP contribution in [0.4, 0.5) is 0 Å². The molecule has 1 atom stereocenters. The highest BCUT2D eigenvalue weighted by Gasteiger charge is 2.19. The fraction of sp³-hybridized carbons (Fsp3) is 0.417. The molecule has 0 amide bonds. The summed E-state index contributed by atoms with van der Waals surface area (Å²) in [6.07, 6.45) is 2.80. The molecule has 0 aromatic heterocycles. The summed E-state index contributed by atoms with van der Waals surface area (Å²) in [4.78, 5) is 11.7. The zero-order valence-electron chi connectivity index (χ0n) is 8.11. The van der Waals surface area contributed by atoms with E-state index < -0.39 is 0 Å². The predicted octanol–water partition coefficient (Wildman–Crippen LogP) is 2.44. The van der Waals surface area contributed by atoms with Crippen LogP contribution in [0.15, 0.2) is 30.3 Å². The van der Waals surface area contributed by atoms with Crippen LogP contribution in [0, 0.1) is 0 Å². The average molecular weight is 190 g/mol. The van der Waals surface area contributed by atoms with Crippen molar-refractivity contribution in [3.8, 4) is 0 Å². The zero-order valence-corrected chi connectivity index (χ0v) is 8.11. The van der Waals surface area contributed by atoms with Gasteiger partial charge >= 0.3 is 0 Å². The summed E-state index contributed by atoms with van der Waals surface area (Å²) in [6.45, 7) is 0.812. The molecule has 0 unspecified atom stereocenters. The fourth-order valence-corrected chi connectivity index (χ4v) is 1.75. The van der Waals surface area contributed by atoms with E-state index in [4.69, 9.17) is 4.74 Å². The van der Waals surface area contributed by atoms with Crippen LogP contribution in [0.25, 0.3) is 0 Å². The Bertz CT molecular complexity index is 299. The van der Waals surface area contributed by atoms with E-state index >= 15 is 0 Å². The largest absolute Gasteiger partial charge is 0.378 e. The van der Waals surface area contributed by atoms with Crippen molar-refractivity contribution < 1.29 is 9.53 Å². The molecule has 1 fully saturated rings. The minimum absolute atomic E-state index is 0.155. The number of benzene rings is 1. The number of hydrogen-bond acceptors (Lipinski definition) is 2. The molecule has 1 heterocycles. The van der Waals surface area contributed by atoms with Crippen molar-refractivity contribution in [3.63, 3.8) is 0 Å². The molecule has 0 bridgehead atoms. The Kier molecular flexibility index (Phi) is 2.94. The minimum atomic E-state index is 0.155. The second kappa shape index (κ2) is 4.38. The summed E-state index contributed by atoms with van der Waals surface area (Å²) in [5, 5.41) is 0. The molecule has 0 saturated carbocycles. The molecule has 0 aliphatic carbocycles. The Balaban J connectivity index is 1.95. The summed E-state index contributed by atoms with van der Waals surface area (Å²) in [7, 11) is 0. The van der Waals surface area contributed by atoms with Crippen molar-refractivity contribution in [3.05, 3.63) is 35.9 Å². The standard InChI is InChI=1S/C12H14O2/c13-12(9-11-7-4-8-14-11)10-5-2-1-3-6-10/h1-3,5-6,11H,4,7-9H2/t11-/m0/s1. The maximum atomic E-state index is 11.7. The lowest BCUT2D eigenvalue weighted by molar-refractivity contribution is 0.0775. The molecule has 2 heteroatoms. The number of ether oxygens (including phenoxy) is 1. The van der Waals surface area contributed by atoms with E-state index in [0.29, 0.717) is 6.42 Å². The Morgan fingerprint density at radius 3 is 2.79 bits per heavy atom. The van der Waals surface area contributed by atoms with Crippen LogP contribution in [0.3, 0.4) is 0 Å². The van der Waals surface area contributed by atoms with Gasteiger partial charge in [0.2, 0.25) is 0 Å². The number of carbonyl (C=O) groups is 1. The van der Waals surface area contributed by atoms with E-state index in [1.807, 2.05) is 30.3 Å². The maximum absolute atomic E-state index is 11.7. The Morgan fingerprint density at radius 2 is 2.14 bits per heavy atom. The van der Waals surface area contributed by atoms with Gasteiger partial charge in [-0.15, -0.1) is 0 Å². The van der Waals surface area contributed by atoms with Gasteiger partial charge in [0.25, 0.3) is 0 Å². The van der Waals surface area contributed by atoms with Crippen LogP contribution in [0.5, 0.6) is 0 Å². The molecule has 1 aromatic rings. The molecule has 0 spiro atoms. The molecule has 1 aromatic carbocycles. The van der Waals surface area contributed by atoms with E-state index in [0.717, 1.165) is 25.0 Å². The maximum Gasteiger partial charge on any atom is 0.165 e. The van der Waals surface area contributed by atoms with Crippen molar-refractivity contribution >= 4 is 5.78 Å². The quantitative estimate of drug-likeness (QED) is 0.684. The number of carbonyl (C=O) groups excluding carboxylic acids is 1. The van der Waals surface area contributed by atoms with Crippen molar-refractivity contribution in [2.75, 3.05) is 6.61 Å². The number of rotatable bonds is 3. The number of ketones is 1. The van der Waals surface area contributed by atoms with Gasteiger partial charge in [-0.3, -0.25) is 4.79 Å². The van der Waals surface area contributed by atoms with Crippen LogP contribution in [0.2, 0.25) is 0 Å². The highest BCUT2D eigenvalue weighted by Crippen LogP contribution is 2.17. The summed E-state index contributed by atoms with van der Waals surface area (Å²) in [5.41, 5.74) is 0.794. The van der Waals surface area contributed by atoms with Crippen LogP contribution < -0.4 is 0 Å². The monoisotopic (exact) mass is 190 g/mol. The zero-order chi connectivity index (χ0) is 9.80. The normalized spacial score (nSPS) is 21.0. The van der Waals surface area contributed by atoms with E-state index in [1.54, 1.807) is 0 Å². The van der Waals surface area contributed by atoms with Crippen LogP contribution in [-0.2, 0) is 4.74 Å². The summed E-state index contributed by atoms with van der Waals surface area (Å²) < 4.78 is 5.42. The highest BCUT2D eigenvalue weighted by molar-refractivity contribution is 5.96. The molecule has 14 heavy (non-hydrogen) atoms. The Hall–Kier alpha value is -1.15. The third-order valence-electron chi connectivity index (χ3n) is 2.53. The SMILES string of the molecule is O=C(C[C@@H]1CCCO1)c1ccccc1. The first-order chi connectivity index (χ1) is 6.86. The van der Waals surface area contributed by atoms with Gasteiger partial charge in [-0.1, -0.05) is 30.3 Å². The first-order valence-corrected chi connectivity index (χ1v) is 5.06. The third-order valence-corrected chi connectivity index (χ3v) is 2.53. The lowest BCUT2D eigenvalue weighted by Gasteiger charge is -2.07. The topological polar surface area (TPSA) is 26.3 Å². The van der Waals surface area contributed by atoms with Gasteiger partial charge in [-0.05, 0) is 12.8 Å². The third kappa shape index (κ3) is 2.20. The van der Waals surface area contributed by atoms with Crippen LogP contribution >= 0.6 is 0 Å². The Labute approximate surface area is 83.9 Å². The van der Waals surface area contributed by atoms with Crippen LogP contribution in [-0.4, -0.2) is 18.5 Å². The van der Waals surface area contributed by atoms with E-state index in [2.05, 4.69) is 0 Å². The van der Waals surface area contributed by atoms with Crippen molar-refractivity contribution in [2.45, 2.75) is 25.4 Å². The molecular formula is C12H14O2. The average Bonchev–Trinajstić information content (AvgIpc) is 2.72. The van der Waals surface area contributed by atoms with Crippen LogP contribution in [0.1, 0.15) is 29.6 Å². The number of hydrogen-bond donors (Lipinski definition) is 0. The van der Waals surface area contributed by atoms with E-state index in [-0.39, 0.29) is 11.9 Å². The first kappa shape index (κ1) is 9.41. The molecule has 1 aliphatic heterocycles. The second-order valence-electron chi connectivity index (χ2n) is 3.63. The molecule has 2 rings (SSSR count). The Morgan fingerprint density at radius 1 is 1.36 bits per heavy atom. The van der Waals surface area contributed by atoms with Gasteiger partial charge < -0.3 is 4.74 Å². The van der Waals surface area contributed by atoms with Gasteiger partial charge in [-0.2, -0.15) is 0 Å². The first-order valence-electron chi connectivity index (χ1n) is 5.06. The molecule has 2 nitrogen and oxygen atoms in total. The lowest BCUT2D eigenvalue weighted by Crippen LogP contribution is -2.12. The molecule has 74 valence electrons. The second-order valence-corrected chi connectivity index (χ2v) is 3.63. The minimum Gasteiger partial charge on any atom is -0.378 e. The predicted molar refractivity (Wildman–Crippen MR) is 54.4 cm³/mol. The highest BCUT2D eigenvalue weighted by atomic mass is 16.5. The molecule has 1 saturated heterocycles. The van der Waals surface area contributed by atoms with Gasteiger partial charge in [0, 0.05) is 18.6 Å². The van der Waals surface area contributed by atoms with Gasteiger partial charge in [0.05, 0.1) is 6.10 Å². The fourth-order valence-electron chi connectivity index (χ4n) is 1.75. The van der Waals surface area contributed by atoms with E-state index in [1.165, 1.54) is 0 Å². The summed E-state index contributed by atoms with van der Waals surface area (Å²) >= 11 is 0. The van der Waals surface area contributed by atoms with Gasteiger partial charge in [0.15, 0.2) is 5.78 Å². The molecular weight excluding hydrogens is 176 g/mol. The smallest absolute Gasteiger partial charge is 0.165 e. The van der Waals surface area contributed by atoms with Gasteiger partial charge in [0.1, 0.15) is 0 Å². The number of Topliss-reactive ketones (excluding diaryl/α,β-unsaturated/α-hetero) is 1. The van der Waals surface area contributed by atoms with Crippen molar-refractivity contribution in [1.29, 1.82) is 0 Å². The molecule has 0 N–H and O–H groups in total. The van der Waals surface area contributed by atoms with E-state index in [9.17, 15) is 4.79 Å². The molecule has 1 aliphatic rings. The van der Waals surface area contributed by atoms with Crippen molar-refractivity contribution in [1.82, 2.24) is 0 Å². The molecule has 0 radical (unpaired) electrons. The summed E-state index contributed by atoms with van der Waals surface area (Å²) in [6, 6.07) is 9.42. The van der Waals surface area contributed by atoms with Crippen molar-refractivity contribution in [2.24, 2.45) is 0 Å². The summed E-state index contributed by atoms with van der Waals surface area (Å²) in [5.74, 6) is 0.192.